The van der Waals surface area contributed by atoms with Crippen LogP contribution in [0.3, 0.4) is 0 Å². The minimum absolute atomic E-state index is 0.215. The molecule has 1 saturated heterocycles. The van der Waals surface area contributed by atoms with E-state index in [0.717, 1.165) is 60.2 Å². The van der Waals surface area contributed by atoms with Crippen molar-refractivity contribution in [1.29, 1.82) is 0 Å². The lowest BCUT2D eigenvalue weighted by Gasteiger charge is -2.35. The van der Waals surface area contributed by atoms with E-state index in [1.54, 1.807) is 0 Å². The van der Waals surface area contributed by atoms with E-state index in [1.165, 1.54) is 5.56 Å². The van der Waals surface area contributed by atoms with E-state index < -0.39 is 0 Å². The average molecular weight is 378 g/mol. The SMILES string of the molecule is CCC(=O)N1CCN(c2nc(C)nc3c2c(C)nn3-c2cccc(C)c2)CC1. The van der Waals surface area contributed by atoms with Crippen LogP contribution in [-0.2, 0) is 4.79 Å². The van der Waals surface area contributed by atoms with Crippen LogP contribution in [0.25, 0.3) is 16.7 Å². The maximum atomic E-state index is 12.0. The summed E-state index contributed by atoms with van der Waals surface area (Å²) in [6, 6.07) is 8.26. The third-order valence-corrected chi connectivity index (χ3v) is 5.28. The Morgan fingerprint density at radius 3 is 2.50 bits per heavy atom. The number of carbonyl (C=O) groups is 1. The highest BCUT2D eigenvalue weighted by Gasteiger charge is 2.25. The number of fused-ring (bicyclic) bond motifs is 1. The van der Waals surface area contributed by atoms with Gasteiger partial charge in [0.05, 0.1) is 16.8 Å². The summed E-state index contributed by atoms with van der Waals surface area (Å²) in [6.45, 7) is 10.9. The van der Waals surface area contributed by atoms with Gasteiger partial charge >= 0.3 is 0 Å². The summed E-state index contributed by atoms with van der Waals surface area (Å²) >= 11 is 0. The van der Waals surface area contributed by atoms with Crippen LogP contribution in [0.1, 0.15) is 30.4 Å². The highest BCUT2D eigenvalue weighted by atomic mass is 16.2. The van der Waals surface area contributed by atoms with E-state index in [9.17, 15) is 4.79 Å². The van der Waals surface area contributed by atoms with Gasteiger partial charge in [0.15, 0.2) is 5.65 Å². The number of hydrogen-bond donors (Lipinski definition) is 0. The Balaban J connectivity index is 1.76. The van der Waals surface area contributed by atoms with Crippen LogP contribution in [-0.4, -0.2) is 56.7 Å². The summed E-state index contributed by atoms with van der Waals surface area (Å²) in [5.74, 6) is 1.86. The summed E-state index contributed by atoms with van der Waals surface area (Å²) in [7, 11) is 0. The third kappa shape index (κ3) is 3.21. The highest BCUT2D eigenvalue weighted by molar-refractivity contribution is 5.91. The van der Waals surface area contributed by atoms with E-state index in [-0.39, 0.29) is 5.91 Å². The number of nitrogens with zero attached hydrogens (tertiary/aromatic N) is 6. The fraction of sp³-hybridized carbons (Fsp3) is 0.429. The van der Waals surface area contributed by atoms with Gasteiger partial charge in [-0.1, -0.05) is 19.1 Å². The number of anilines is 1. The Hall–Kier alpha value is -2.96. The van der Waals surface area contributed by atoms with Crippen molar-refractivity contribution in [2.45, 2.75) is 34.1 Å². The second-order valence-corrected chi connectivity index (χ2v) is 7.35. The molecule has 0 aliphatic carbocycles. The van der Waals surface area contributed by atoms with Gasteiger partial charge in [-0.05, 0) is 38.5 Å². The molecular weight excluding hydrogens is 352 g/mol. The summed E-state index contributed by atoms with van der Waals surface area (Å²) in [5.41, 5.74) is 3.93. The first-order chi connectivity index (χ1) is 13.5. The number of carbonyl (C=O) groups excluding carboxylic acids is 1. The summed E-state index contributed by atoms with van der Waals surface area (Å²) < 4.78 is 1.91. The Bertz CT molecular complexity index is 1030. The van der Waals surface area contributed by atoms with Gasteiger partial charge in [-0.25, -0.2) is 14.6 Å². The molecule has 146 valence electrons. The number of benzene rings is 1. The van der Waals surface area contributed by atoms with E-state index in [4.69, 9.17) is 15.1 Å². The lowest BCUT2D eigenvalue weighted by atomic mass is 10.2. The molecule has 0 saturated carbocycles. The molecule has 0 N–H and O–H groups in total. The second-order valence-electron chi connectivity index (χ2n) is 7.35. The molecule has 0 unspecified atom stereocenters. The van der Waals surface area contributed by atoms with Crippen LogP contribution in [0.2, 0.25) is 0 Å². The fourth-order valence-electron chi connectivity index (χ4n) is 3.83. The number of amides is 1. The van der Waals surface area contributed by atoms with Gasteiger partial charge < -0.3 is 9.80 Å². The molecule has 0 bridgehead atoms. The van der Waals surface area contributed by atoms with Gasteiger partial charge in [0.1, 0.15) is 11.6 Å². The molecule has 7 heteroatoms. The molecule has 7 nitrogen and oxygen atoms in total. The lowest BCUT2D eigenvalue weighted by molar-refractivity contribution is -0.131. The normalized spacial score (nSPS) is 14.7. The Morgan fingerprint density at radius 2 is 1.82 bits per heavy atom. The standard InChI is InChI=1S/C21H26N6O/c1-5-18(28)25-9-11-26(12-10-25)20-19-15(3)24-27(21(19)23-16(4)22-20)17-8-6-7-14(2)13-17/h6-8,13H,5,9-12H2,1-4H3. The minimum atomic E-state index is 0.215. The first-order valence-electron chi connectivity index (χ1n) is 9.81. The topological polar surface area (TPSA) is 67.2 Å². The largest absolute Gasteiger partial charge is 0.352 e. The zero-order chi connectivity index (χ0) is 19.8. The van der Waals surface area contributed by atoms with Crippen LogP contribution < -0.4 is 4.90 Å². The van der Waals surface area contributed by atoms with Crippen LogP contribution in [0, 0.1) is 20.8 Å². The van der Waals surface area contributed by atoms with E-state index >= 15 is 0 Å². The summed E-state index contributed by atoms with van der Waals surface area (Å²) in [4.78, 5) is 25.6. The maximum absolute atomic E-state index is 12.0. The third-order valence-electron chi connectivity index (χ3n) is 5.28. The van der Waals surface area contributed by atoms with Gasteiger partial charge in [0.2, 0.25) is 5.91 Å². The van der Waals surface area contributed by atoms with Gasteiger partial charge in [0, 0.05) is 32.6 Å². The summed E-state index contributed by atoms with van der Waals surface area (Å²) in [6.07, 6.45) is 0.555. The molecule has 2 aromatic heterocycles. The molecule has 28 heavy (non-hydrogen) atoms. The van der Waals surface area contributed by atoms with Crippen LogP contribution in [0.15, 0.2) is 24.3 Å². The maximum Gasteiger partial charge on any atom is 0.222 e. The van der Waals surface area contributed by atoms with E-state index in [0.29, 0.717) is 6.42 Å². The van der Waals surface area contributed by atoms with Crippen molar-refractivity contribution in [3.8, 4) is 5.69 Å². The van der Waals surface area contributed by atoms with Gasteiger partial charge in [-0.3, -0.25) is 4.79 Å². The molecule has 0 radical (unpaired) electrons. The van der Waals surface area contributed by atoms with Gasteiger partial charge in [-0.15, -0.1) is 0 Å². The van der Waals surface area contributed by atoms with Crippen molar-refractivity contribution in [2.24, 2.45) is 0 Å². The zero-order valence-corrected chi connectivity index (χ0v) is 16.9. The van der Waals surface area contributed by atoms with Crippen molar-refractivity contribution in [1.82, 2.24) is 24.6 Å². The van der Waals surface area contributed by atoms with Crippen molar-refractivity contribution in [2.75, 3.05) is 31.1 Å². The summed E-state index contributed by atoms with van der Waals surface area (Å²) in [5, 5.41) is 5.77. The van der Waals surface area contributed by atoms with Crippen molar-refractivity contribution < 1.29 is 4.79 Å². The minimum Gasteiger partial charge on any atom is -0.352 e. The number of hydrogen-bond acceptors (Lipinski definition) is 5. The predicted octanol–water partition coefficient (Wildman–Crippen LogP) is 2.80. The Labute approximate surface area is 165 Å². The van der Waals surface area contributed by atoms with Crippen LogP contribution in [0.4, 0.5) is 5.82 Å². The Morgan fingerprint density at radius 1 is 1.07 bits per heavy atom. The molecule has 1 amide bonds. The Kier molecular flexibility index (Phi) is 4.75. The molecule has 1 aromatic carbocycles. The number of aromatic nitrogens is 4. The molecule has 0 atom stereocenters. The van der Waals surface area contributed by atoms with Crippen molar-refractivity contribution >= 4 is 22.8 Å². The second kappa shape index (κ2) is 7.22. The monoisotopic (exact) mass is 378 g/mol. The smallest absolute Gasteiger partial charge is 0.222 e. The molecule has 3 heterocycles. The number of aryl methyl sites for hydroxylation is 3. The molecule has 1 fully saturated rings. The number of rotatable bonds is 3. The molecule has 1 aliphatic heterocycles. The first kappa shape index (κ1) is 18.4. The molecule has 0 spiro atoms. The van der Waals surface area contributed by atoms with E-state index in [2.05, 4.69) is 24.0 Å². The van der Waals surface area contributed by atoms with Crippen molar-refractivity contribution in [3.63, 3.8) is 0 Å². The average Bonchev–Trinajstić information content (AvgIpc) is 3.03. The van der Waals surface area contributed by atoms with Crippen LogP contribution in [0.5, 0.6) is 0 Å². The molecule has 4 rings (SSSR count). The van der Waals surface area contributed by atoms with E-state index in [1.807, 2.05) is 42.5 Å². The lowest BCUT2D eigenvalue weighted by Crippen LogP contribution is -2.49. The predicted molar refractivity (Wildman–Crippen MR) is 110 cm³/mol. The van der Waals surface area contributed by atoms with Crippen molar-refractivity contribution in [3.05, 3.63) is 41.3 Å². The van der Waals surface area contributed by atoms with Gasteiger partial charge in [-0.2, -0.15) is 5.10 Å². The van der Waals surface area contributed by atoms with Gasteiger partial charge in [0.25, 0.3) is 0 Å². The van der Waals surface area contributed by atoms with Crippen LogP contribution >= 0.6 is 0 Å². The fourth-order valence-corrected chi connectivity index (χ4v) is 3.83. The molecular formula is C21H26N6O. The number of piperazine rings is 1. The highest BCUT2D eigenvalue weighted by Crippen LogP contribution is 2.29. The molecule has 1 aliphatic rings. The quantitative estimate of drug-likeness (QED) is 0.701. The first-order valence-corrected chi connectivity index (χ1v) is 9.81. The molecule has 3 aromatic rings. The zero-order valence-electron chi connectivity index (χ0n) is 16.9.